The Morgan fingerprint density at radius 3 is 2.07 bits per heavy atom. The maximum absolute atomic E-state index is 13.1. The number of aryl methyl sites for hydroxylation is 1. The van der Waals surface area contributed by atoms with Crippen molar-refractivity contribution in [3.05, 3.63) is 100 Å². The summed E-state index contributed by atoms with van der Waals surface area (Å²) < 4.78 is 1.39. The van der Waals surface area contributed by atoms with Gasteiger partial charge in [-0.15, -0.1) is 0 Å². The molecule has 0 unspecified atom stereocenters. The van der Waals surface area contributed by atoms with Crippen LogP contribution in [-0.4, -0.2) is 20.4 Å². The molecule has 5 nitrogen and oxygen atoms in total. The van der Waals surface area contributed by atoms with Gasteiger partial charge in [-0.3, -0.25) is 14.2 Å². The Morgan fingerprint density at radius 2 is 1.55 bits per heavy atom. The lowest BCUT2D eigenvalue weighted by molar-refractivity contribution is -0.133. The van der Waals surface area contributed by atoms with Gasteiger partial charge in [0.1, 0.15) is 6.54 Å². The normalized spacial score (nSPS) is 10.7. The topological polar surface area (TPSA) is 55.2 Å². The number of aromatic nitrogens is 2. The summed E-state index contributed by atoms with van der Waals surface area (Å²) in [5.41, 5.74) is 2.71. The summed E-state index contributed by atoms with van der Waals surface area (Å²) in [4.78, 5) is 31.6. The van der Waals surface area contributed by atoms with E-state index in [-0.39, 0.29) is 18.0 Å². The molecule has 150 valence electrons. The summed E-state index contributed by atoms with van der Waals surface area (Å²) in [7, 11) is 0. The molecule has 0 saturated heterocycles. The summed E-state index contributed by atoms with van der Waals surface area (Å²) in [5, 5.41) is 0. The number of amides is 1. The second-order valence-electron chi connectivity index (χ2n) is 7.17. The van der Waals surface area contributed by atoms with Crippen molar-refractivity contribution in [1.82, 2.24) is 14.5 Å². The highest BCUT2D eigenvalue weighted by molar-refractivity contribution is 5.76. The van der Waals surface area contributed by atoms with Crippen molar-refractivity contribution < 1.29 is 4.79 Å². The number of nitrogens with zero attached hydrogens (tertiary/aromatic N) is 3. The lowest BCUT2D eigenvalue weighted by atomic mass is 10.1. The van der Waals surface area contributed by atoms with E-state index in [1.165, 1.54) is 10.9 Å². The molecule has 0 spiro atoms. The Kier molecular flexibility index (Phi) is 7.34. The Labute approximate surface area is 171 Å². The number of carbonyl (C=O) groups is 1. The van der Waals surface area contributed by atoms with E-state index in [1.54, 1.807) is 11.0 Å². The third kappa shape index (κ3) is 6.14. The van der Waals surface area contributed by atoms with E-state index in [0.29, 0.717) is 13.1 Å². The molecule has 5 heteroatoms. The SMILES string of the molecule is CCCCc1cc(=O)n(CC(=O)N(Cc2ccccc2)Cc2ccccc2)cn1. The first kappa shape index (κ1) is 20.5. The lowest BCUT2D eigenvalue weighted by Gasteiger charge is -2.23. The van der Waals surface area contributed by atoms with Crippen molar-refractivity contribution in [1.29, 1.82) is 0 Å². The molecule has 0 aliphatic carbocycles. The second-order valence-corrected chi connectivity index (χ2v) is 7.17. The zero-order chi connectivity index (χ0) is 20.5. The molecule has 0 radical (unpaired) electrons. The third-order valence-corrected chi connectivity index (χ3v) is 4.81. The number of hydrogen-bond donors (Lipinski definition) is 0. The molecule has 0 saturated carbocycles. The molecule has 3 aromatic rings. The van der Waals surface area contributed by atoms with Crippen molar-refractivity contribution in [3.8, 4) is 0 Å². The van der Waals surface area contributed by atoms with Gasteiger partial charge in [-0.1, -0.05) is 74.0 Å². The molecule has 0 aliphatic heterocycles. The van der Waals surface area contributed by atoms with E-state index in [2.05, 4.69) is 11.9 Å². The first-order chi connectivity index (χ1) is 14.2. The van der Waals surface area contributed by atoms with Gasteiger partial charge in [0, 0.05) is 24.8 Å². The molecule has 0 N–H and O–H groups in total. The molecule has 0 atom stereocenters. The third-order valence-electron chi connectivity index (χ3n) is 4.81. The quantitative estimate of drug-likeness (QED) is 0.559. The van der Waals surface area contributed by atoms with Crippen molar-refractivity contribution in [3.63, 3.8) is 0 Å². The minimum Gasteiger partial charge on any atom is -0.332 e. The maximum Gasteiger partial charge on any atom is 0.253 e. The molecular weight excluding hydrogens is 362 g/mol. The summed E-state index contributed by atoms with van der Waals surface area (Å²) in [5.74, 6) is -0.108. The van der Waals surface area contributed by atoms with Gasteiger partial charge in [0.05, 0.1) is 6.33 Å². The molecule has 2 aromatic carbocycles. The lowest BCUT2D eigenvalue weighted by Crippen LogP contribution is -2.36. The smallest absolute Gasteiger partial charge is 0.253 e. The van der Waals surface area contributed by atoms with Crippen LogP contribution in [0.4, 0.5) is 0 Å². The fourth-order valence-electron chi connectivity index (χ4n) is 3.16. The number of carbonyl (C=O) groups excluding carboxylic acids is 1. The van der Waals surface area contributed by atoms with E-state index < -0.39 is 0 Å². The van der Waals surface area contributed by atoms with Crippen LogP contribution in [0.2, 0.25) is 0 Å². The predicted molar refractivity (Wildman–Crippen MR) is 114 cm³/mol. The fraction of sp³-hybridized carbons (Fsp3) is 0.292. The van der Waals surface area contributed by atoms with Crippen LogP contribution in [0.25, 0.3) is 0 Å². The summed E-state index contributed by atoms with van der Waals surface area (Å²) in [6, 6.07) is 21.3. The highest BCUT2D eigenvalue weighted by Gasteiger charge is 2.16. The maximum atomic E-state index is 13.1. The van der Waals surface area contributed by atoms with E-state index in [0.717, 1.165) is 36.1 Å². The van der Waals surface area contributed by atoms with Crippen LogP contribution in [0.15, 0.2) is 77.9 Å². The van der Waals surface area contributed by atoms with E-state index in [1.807, 2.05) is 60.7 Å². The minimum atomic E-state index is -0.182. The largest absolute Gasteiger partial charge is 0.332 e. The predicted octanol–water partition coefficient (Wildman–Crippen LogP) is 3.81. The van der Waals surface area contributed by atoms with Gasteiger partial charge in [-0.05, 0) is 24.0 Å². The Balaban J connectivity index is 1.76. The van der Waals surface area contributed by atoms with Crippen LogP contribution < -0.4 is 5.56 Å². The second kappa shape index (κ2) is 10.4. The molecule has 1 heterocycles. The molecule has 0 aliphatic rings. The average Bonchev–Trinajstić information content (AvgIpc) is 2.75. The Bertz CT molecular complexity index is 927. The Hall–Kier alpha value is -3.21. The standard InChI is InChI=1S/C24H27N3O2/c1-2-3-14-22-15-23(28)27(19-25-22)18-24(29)26(16-20-10-6-4-7-11-20)17-21-12-8-5-9-13-21/h4-13,15,19H,2-3,14,16-18H2,1H3. The Morgan fingerprint density at radius 1 is 0.966 bits per heavy atom. The monoisotopic (exact) mass is 389 g/mol. The number of hydrogen-bond acceptors (Lipinski definition) is 3. The van der Waals surface area contributed by atoms with Crippen LogP contribution in [0.3, 0.4) is 0 Å². The van der Waals surface area contributed by atoms with Gasteiger partial charge < -0.3 is 4.90 Å². The van der Waals surface area contributed by atoms with Crippen LogP contribution in [0.1, 0.15) is 36.6 Å². The minimum absolute atomic E-state index is 0.0143. The van der Waals surface area contributed by atoms with Crippen molar-refractivity contribution >= 4 is 5.91 Å². The first-order valence-electron chi connectivity index (χ1n) is 10.1. The number of rotatable bonds is 9. The molecular formula is C24H27N3O2. The van der Waals surface area contributed by atoms with Gasteiger partial charge in [-0.25, -0.2) is 4.98 Å². The van der Waals surface area contributed by atoms with E-state index >= 15 is 0 Å². The molecule has 3 rings (SSSR count). The van der Waals surface area contributed by atoms with Gasteiger partial charge in [0.15, 0.2) is 0 Å². The summed E-state index contributed by atoms with van der Waals surface area (Å²) in [6.45, 7) is 3.07. The highest BCUT2D eigenvalue weighted by Crippen LogP contribution is 2.11. The van der Waals surface area contributed by atoms with Crippen molar-refractivity contribution in [2.45, 2.75) is 45.8 Å². The summed E-state index contributed by atoms with van der Waals surface area (Å²) in [6.07, 6.45) is 4.33. The molecule has 29 heavy (non-hydrogen) atoms. The number of benzene rings is 2. The first-order valence-corrected chi connectivity index (χ1v) is 10.1. The summed E-state index contributed by atoms with van der Waals surface area (Å²) >= 11 is 0. The highest BCUT2D eigenvalue weighted by atomic mass is 16.2. The van der Waals surface area contributed by atoms with Gasteiger partial charge in [-0.2, -0.15) is 0 Å². The zero-order valence-corrected chi connectivity index (χ0v) is 16.8. The molecule has 0 fully saturated rings. The van der Waals surface area contributed by atoms with Gasteiger partial charge >= 0.3 is 0 Å². The fourth-order valence-corrected chi connectivity index (χ4v) is 3.16. The van der Waals surface area contributed by atoms with Crippen LogP contribution in [0.5, 0.6) is 0 Å². The van der Waals surface area contributed by atoms with Gasteiger partial charge in [0.2, 0.25) is 5.91 Å². The van der Waals surface area contributed by atoms with Crippen molar-refractivity contribution in [2.75, 3.05) is 0 Å². The van der Waals surface area contributed by atoms with Crippen LogP contribution >= 0.6 is 0 Å². The van der Waals surface area contributed by atoms with Crippen molar-refractivity contribution in [2.24, 2.45) is 0 Å². The van der Waals surface area contributed by atoms with Crippen LogP contribution in [0, 0.1) is 0 Å². The molecule has 1 aromatic heterocycles. The average molecular weight is 389 g/mol. The number of unbranched alkanes of at least 4 members (excludes halogenated alkanes) is 1. The van der Waals surface area contributed by atoms with E-state index in [9.17, 15) is 9.59 Å². The zero-order valence-electron chi connectivity index (χ0n) is 16.8. The van der Waals surface area contributed by atoms with Gasteiger partial charge in [0.25, 0.3) is 5.56 Å². The molecule has 0 bridgehead atoms. The molecule has 1 amide bonds. The van der Waals surface area contributed by atoms with Crippen LogP contribution in [-0.2, 0) is 30.8 Å². The van der Waals surface area contributed by atoms with E-state index in [4.69, 9.17) is 0 Å².